The minimum atomic E-state index is 0.680. The Morgan fingerprint density at radius 1 is 1.22 bits per heavy atom. The van der Waals surface area contributed by atoms with E-state index in [4.69, 9.17) is 5.73 Å². The Bertz CT molecular complexity index is 707. The number of hydrogen-bond acceptors (Lipinski definition) is 5. The standard InChI is InChI=1S/C12H11N5S/c1-7-4-8(2-3-9(7)13)18-12-10-11(15-5-14-10)16-6-17-12/h2-6H,13H2,1H3,(H,14,15,16,17). The number of anilines is 1. The van der Waals surface area contributed by atoms with E-state index in [0.717, 1.165) is 26.7 Å². The van der Waals surface area contributed by atoms with Gasteiger partial charge in [0.25, 0.3) is 0 Å². The summed E-state index contributed by atoms with van der Waals surface area (Å²) in [5.41, 5.74) is 9.21. The number of aromatic nitrogens is 4. The number of nitrogens with one attached hydrogen (secondary N) is 1. The van der Waals surface area contributed by atoms with Crippen molar-refractivity contribution in [3.63, 3.8) is 0 Å². The van der Waals surface area contributed by atoms with Gasteiger partial charge in [0.2, 0.25) is 0 Å². The minimum Gasteiger partial charge on any atom is -0.399 e. The third kappa shape index (κ3) is 1.91. The van der Waals surface area contributed by atoms with Gasteiger partial charge in [0.05, 0.1) is 6.33 Å². The van der Waals surface area contributed by atoms with Crippen LogP contribution >= 0.6 is 11.8 Å². The molecule has 3 N–H and O–H groups in total. The SMILES string of the molecule is Cc1cc(Sc2ncnc3nc[nH]c23)ccc1N. The van der Waals surface area contributed by atoms with Crippen molar-refractivity contribution in [2.24, 2.45) is 0 Å². The van der Waals surface area contributed by atoms with Crippen molar-refractivity contribution in [2.45, 2.75) is 16.8 Å². The molecule has 0 amide bonds. The number of rotatable bonds is 2. The molecule has 2 heterocycles. The van der Waals surface area contributed by atoms with Gasteiger partial charge in [0.15, 0.2) is 5.65 Å². The van der Waals surface area contributed by atoms with Crippen molar-refractivity contribution in [1.82, 2.24) is 19.9 Å². The average Bonchev–Trinajstić information content (AvgIpc) is 2.83. The molecule has 3 aromatic rings. The van der Waals surface area contributed by atoms with Crippen LogP contribution in [0.5, 0.6) is 0 Å². The maximum atomic E-state index is 5.81. The van der Waals surface area contributed by atoms with Gasteiger partial charge in [0, 0.05) is 10.6 Å². The first-order valence-corrected chi connectivity index (χ1v) is 6.24. The maximum Gasteiger partial charge on any atom is 0.181 e. The Morgan fingerprint density at radius 2 is 2.11 bits per heavy atom. The van der Waals surface area contributed by atoms with E-state index in [2.05, 4.69) is 19.9 Å². The van der Waals surface area contributed by atoms with Gasteiger partial charge in [-0.3, -0.25) is 0 Å². The van der Waals surface area contributed by atoms with Crippen molar-refractivity contribution < 1.29 is 0 Å². The maximum absolute atomic E-state index is 5.81. The third-order valence-corrected chi connectivity index (χ3v) is 3.64. The van der Waals surface area contributed by atoms with Crippen LogP contribution in [0.15, 0.2) is 40.8 Å². The van der Waals surface area contributed by atoms with Crippen LogP contribution in [0, 0.1) is 6.92 Å². The number of benzene rings is 1. The average molecular weight is 257 g/mol. The number of nitrogens with zero attached hydrogens (tertiary/aromatic N) is 3. The molecule has 5 nitrogen and oxygen atoms in total. The number of nitrogen functional groups attached to an aromatic ring is 1. The van der Waals surface area contributed by atoms with Crippen molar-refractivity contribution in [2.75, 3.05) is 5.73 Å². The molecule has 0 saturated heterocycles. The Labute approximate surface area is 108 Å². The monoisotopic (exact) mass is 257 g/mol. The fourth-order valence-corrected chi connectivity index (χ4v) is 2.59. The van der Waals surface area contributed by atoms with Gasteiger partial charge in [-0.2, -0.15) is 0 Å². The zero-order valence-corrected chi connectivity index (χ0v) is 10.5. The predicted octanol–water partition coefficient (Wildman–Crippen LogP) is 2.39. The van der Waals surface area contributed by atoms with Crippen molar-refractivity contribution in [3.05, 3.63) is 36.4 Å². The summed E-state index contributed by atoms with van der Waals surface area (Å²) < 4.78 is 0. The van der Waals surface area contributed by atoms with E-state index in [1.54, 1.807) is 18.1 Å². The topological polar surface area (TPSA) is 80.5 Å². The van der Waals surface area contributed by atoms with Gasteiger partial charge in [-0.1, -0.05) is 11.8 Å². The summed E-state index contributed by atoms with van der Waals surface area (Å²) in [7, 11) is 0. The lowest BCUT2D eigenvalue weighted by atomic mass is 10.2. The molecule has 0 aliphatic rings. The number of H-pyrrole nitrogens is 1. The molecule has 0 aliphatic carbocycles. The first-order valence-electron chi connectivity index (χ1n) is 5.42. The van der Waals surface area contributed by atoms with Gasteiger partial charge < -0.3 is 10.7 Å². The molecule has 2 aromatic heterocycles. The lowest BCUT2D eigenvalue weighted by Crippen LogP contribution is -1.90. The molecule has 0 saturated carbocycles. The molecule has 18 heavy (non-hydrogen) atoms. The van der Waals surface area contributed by atoms with E-state index in [0.29, 0.717) is 5.65 Å². The van der Waals surface area contributed by atoms with Crippen LogP contribution in [0.1, 0.15) is 5.56 Å². The summed E-state index contributed by atoms with van der Waals surface area (Å²) in [6, 6.07) is 5.94. The van der Waals surface area contributed by atoms with Crippen LogP contribution in [0.4, 0.5) is 5.69 Å². The van der Waals surface area contributed by atoms with Crippen molar-refractivity contribution in [3.8, 4) is 0 Å². The lowest BCUT2D eigenvalue weighted by Gasteiger charge is -2.04. The molecule has 0 spiro atoms. The summed E-state index contributed by atoms with van der Waals surface area (Å²) in [6.45, 7) is 1.99. The number of aromatic amines is 1. The quantitative estimate of drug-likeness (QED) is 0.544. The zero-order chi connectivity index (χ0) is 12.5. The Balaban J connectivity index is 2.01. The number of imidazole rings is 1. The highest BCUT2D eigenvalue weighted by Crippen LogP contribution is 2.31. The Kier molecular flexibility index (Phi) is 2.64. The highest BCUT2D eigenvalue weighted by atomic mass is 32.2. The third-order valence-electron chi connectivity index (χ3n) is 2.64. The summed E-state index contributed by atoms with van der Waals surface area (Å²) in [4.78, 5) is 16.6. The molecular formula is C12H11N5S. The molecule has 0 atom stereocenters. The molecule has 0 aliphatic heterocycles. The van der Waals surface area contributed by atoms with Gasteiger partial charge in [-0.15, -0.1) is 0 Å². The second-order valence-corrected chi connectivity index (χ2v) is 4.96. The zero-order valence-electron chi connectivity index (χ0n) is 9.71. The first kappa shape index (κ1) is 11.0. The first-order chi connectivity index (χ1) is 8.74. The summed E-state index contributed by atoms with van der Waals surface area (Å²) in [5, 5.41) is 0.863. The lowest BCUT2D eigenvalue weighted by molar-refractivity contribution is 1.08. The van der Waals surface area contributed by atoms with Crippen LogP contribution in [-0.4, -0.2) is 19.9 Å². The fourth-order valence-electron chi connectivity index (χ4n) is 1.64. The molecule has 0 unspecified atom stereocenters. The van der Waals surface area contributed by atoms with E-state index in [9.17, 15) is 0 Å². The molecule has 0 fully saturated rings. The van der Waals surface area contributed by atoms with Crippen LogP contribution in [0.2, 0.25) is 0 Å². The molecule has 0 bridgehead atoms. The molecular weight excluding hydrogens is 246 g/mol. The summed E-state index contributed by atoms with van der Waals surface area (Å²) >= 11 is 1.57. The highest BCUT2D eigenvalue weighted by molar-refractivity contribution is 7.99. The van der Waals surface area contributed by atoms with E-state index >= 15 is 0 Å². The summed E-state index contributed by atoms with van der Waals surface area (Å²) in [5.74, 6) is 0. The number of hydrogen-bond donors (Lipinski definition) is 2. The minimum absolute atomic E-state index is 0.680. The normalized spacial score (nSPS) is 10.9. The van der Waals surface area contributed by atoms with Crippen LogP contribution in [0.3, 0.4) is 0 Å². The summed E-state index contributed by atoms with van der Waals surface area (Å²) in [6.07, 6.45) is 3.15. The van der Waals surface area contributed by atoms with E-state index < -0.39 is 0 Å². The van der Waals surface area contributed by atoms with Crippen molar-refractivity contribution in [1.29, 1.82) is 0 Å². The number of aryl methyl sites for hydroxylation is 1. The second kappa shape index (κ2) is 4.30. The molecule has 90 valence electrons. The van der Waals surface area contributed by atoms with Gasteiger partial charge >= 0.3 is 0 Å². The van der Waals surface area contributed by atoms with Crippen LogP contribution in [0.25, 0.3) is 11.2 Å². The largest absolute Gasteiger partial charge is 0.399 e. The molecule has 0 radical (unpaired) electrons. The van der Waals surface area contributed by atoms with Gasteiger partial charge in [-0.25, -0.2) is 15.0 Å². The molecule has 1 aromatic carbocycles. The molecule has 3 rings (SSSR count). The second-order valence-electron chi connectivity index (χ2n) is 3.90. The predicted molar refractivity (Wildman–Crippen MR) is 71.4 cm³/mol. The van der Waals surface area contributed by atoms with Crippen LogP contribution in [-0.2, 0) is 0 Å². The smallest absolute Gasteiger partial charge is 0.181 e. The van der Waals surface area contributed by atoms with Gasteiger partial charge in [0.1, 0.15) is 16.9 Å². The number of nitrogens with two attached hydrogens (primary N) is 1. The van der Waals surface area contributed by atoms with E-state index in [-0.39, 0.29) is 0 Å². The van der Waals surface area contributed by atoms with E-state index in [1.807, 2.05) is 25.1 Å². The highest BCUT2D eigenvalue weighted by Gasteiger charge is 2.08. The Morgan fingerprint density at radius 3 is 2.94 bits per heavy atom. The van der Waals surface area contributed by atoms with Crippen molar-refractivity contribution >= 4 is 28.6 Å². The van der Waals surface area contributed by atoms with Gasteiger partial charge in [-0.05, 0) is 30.7 Å². The Hall–Kier alpha value is -2.08. The molecule has 6 heteroatoms. The fraction of sp³-hybridized carbons (Fsp3) is 0.0833. The van der Waals surface area contributed by atoms with E-state index in [1.165, 1.54) is 6.33 Å². The van der Waals surface area contributed by atoms with Crippen LogP contribution < -0.4 is 5.73 Å². The number of fused-ring (bicyclic) bond motifs is 1.